The van der Waals surface area contributed by atoms with Crippen LogP contribution >= 0.6 is 0 Å². The Kier molecular flexibility index (Phi) is 3.11. The largest absolute Gasteiger partial charge is 0.386 e. The molecule has 0 radical (unpaired) electrons. The first kappa shape index (κ1) is 9.83. The fraction of sp³-hybridized carbons (Fsp3) is 0.333. The van der Waals surface area contributed by atoms with Gasteiger partial charge in [-0.3, -0.25) is 9.78 Å². The summed E-state index contributed by atoms with van der Waals surface area (Å²) in [5, 5.41) is 9.59. The molecule has 1 aromatic heterocycles. The Morgan fingerprint density at radius 3 is 2.54 bits per heavy atom. The highest BCUT2D eigenvalue weighted by Crippen LogP contribution is 2.14. The van der Waals surface area contributed by atoms with E-state index in [0.717, 1.165) is 0 Å². The second-order valence-corrected chi connectivity index (χ2v) is 2.86. The number of rotatable bonds is 3. The molecule has 0 aliphatic carbocycles. The predicted molar refractivity (Wildman–Crippen MR) is 47.9 cm³/mol. The van der Waals surface area contributed by atoms with E-state index in [-0.39, 0.29) is 5.78 Å². The molecule has 0 fully saturated rings. The van der Waals surface area contributed by atoms with Gasteiger partial charge in [-0.1, -0.05) is 0 Å². The Morgan fingerprint density at radius 1 is 1.54 bits per heavy atom. The summed E-state index contributed by atoms with van der Waals surface area (Å²) in [6, 6.07) is 2.41. The summed E-state index contributed by atoms with van der Waals surface area (Å²) in [6.07, 6.45) is 2.15. The second kappa shape index (κ2) is 4.11. The topological polar surface area (TPSA) is 76.2 Å². The van der Waals surface area contributed by atoms with Crippen molar-refractivity contribution in [1.29, 1.82) is 0 Å². The van der Waals surface area contributed by atoms with Crippen LogP contribution in [0.1, 0.15) is 18.6 Å². The first-order valence-electron chi connectivity index (χ1n) is 3.97. The van der Waals surface area contributed by atoms with Crippen molar-refractivity contribution >= 4 is 5.78 Å². The third kappa shape index (κ3) is 2.34. The molecule has 0 aliphatic heterocycles. The third-order valence-electron chi connectivity index (χ3n) is 1.86. The summed E-state index contributed by atoms with van der Waals surface area (Å²) in [6.45, 7) is 1.36. The fourth-order valence-electron chi connectivity index (χ4n) is 0.990. The summed E-state index contributed by atoms with van der Waals surface area (Å²) < 4.78 is 0. The van der Waals surface area contributed by atoms with Crippen molar-refractivity contribution in [3.8, 4) is 0 Å². The molecule has 4 heteroatoms. The molecule has 2 unspecified atom stereocenters. The standard InChI is InChI=1S/C9H12N2O2/c1-6(12)8(10)9(13)7-2-4-11-5-3-7/h2-5,8-9,13H,10H2,1H3. The van der Waals surface area contributed by atoms with E-state index in [4.69, 9.17) is 5.73 Å². The maximum absolute atomic E-state index is 10.9. The van der Waals surface area contributed by atoms with Gasteiger partial charge in [0.05, 0.1) is 6.04 Å². The number of aliphatic hydroxyl groups is 1. The second-order valence-electron chi connectivity index (χ2n) is 2.86. The van der Waals surface area contributed by atoms with Crippen molar-refractivity contribution in [2.75, 3.05) is 0 Å². The normalized spacial score (nSPS) is 15.0. The first-order valence-corrected chi connectivity index (χ1v) is 3.97. The number of carbonyl (C=O) groups excluding carboxylic acids is 1. The number of hydrogen-bond donors (Lipinski definition) is 2. The molecule has 13 heavy (non-hydrogen) atoms. The monoisotopic (exact) mass is 180 g/mol. The lowest BCUT2D eigenvalue weighted by Crippen LogP contribution is -2.35. The Labute approximate surface area is 76.4 Å². The molecular formula is C9H12N2O2. The molecule has 1 heterocycles. The van der Waals surface area contributed by atoms with Gasteiger partial charge < -0.3 is 10.8 Å². The zero-order valence-corrected chi connectivity index (χ0v) is 7.34. The number of ketones is 1. The summed E-state index contributed by atoms with van der Waals surface area (Å²) in [7, 11) is 0. The van der Waals surface area contributed by atoms with E-state index in [1.165, 1.54) is 6.92 Å². The van der Waals surface area contributed by atoms with Crippen LogP contribution in [-0.2, 0) is 4.79 Å². The lowest BCUT2D eigenvalue weighted by Gasteiger charge is -2.15. The molecule has 70 valence electrons. The van der Waals surface area contributed by atoms with Gasteiger partial charge in [-0.2, -0.15) is 0 Å². The quantitative estimate of drug-likeness (QED) is 0.688. The van der Waals surface area contributed by atoms with Gasteiger partial charge >= 0.3 is 0 Å². The molecule has 0 saturated heterocycles. The van der Waals surface area contributed by atoms with Gasteiger partial charge in [0.15, 0.2) is 0 Å². The average Bonchev–Trinajstić information content (AvgIpc) is 2.17. The van der Waals surface area contributed by atoms with Gasteiger partial charge in [0, 0.05) is 12.4 Å². The van der Waals surface area contributed by atoms with Crippen molar-refractivity contribution in [2.45, 2.75) is 19.1 Å². The van der Waals surface area contributed by atoms with Crippen molar-refractivity contribution in [1.82, 2.24) is 4.98 Å². The van der Waals surface area contributed by atoms with E-state index in [1.54, 1.807) is 24.5 Å². The molecule has 1 rings (SSSR count). The SMILES string of the molecule is CC(=O)C(N)C(O)c1ccncc1. The van der Waals surface area contributed by atoms with E-state index < -0.39 is 12.1 Å². The van der Waals surface area contributed by atoms with Gasteiger partial charge in [-0.25, -0.2) is 0 Å². The lowest BCUT2D eigenvalue weighted by molar-refractivity contribution is -0.120. The minimum atomic E-state index is -0.944. The number of Topliss-reactive ketones (excluding diaryl/α,β-unsaturated/α-hetero) is 1. The molecule has 0 aliphatic rings. The van der Waals surface area contributed by atoms with Gasteiger partial charge in [0.1, 0.15) is 11.9 Å². The van der Waals surface area contributed by atoms with Crippen LogP contribution in [0.25, 0.3) is 0 Å². The van der Waals surface area contributed by atoms with Gasteiger partial charge in [-0.05, 0) is 24.6 Å². The molecule has 4 nitrogen and oxygen atoms in total. The molecule has 0 saturated carbocycles. The van der Waals surface area contributed by atoms with Crippen LogP contribution in [0.5, 0.6) is 0 Å². The molecule has 3 N–H and O–H groups in total. The van der Waals surface area contributed by atoms with Crippen molar-refractivity contribution in [3.63, 3.8) is 0 Å². The van der Waals surface area contributed by atoms with Crippen LogP contribution in [0.15, 0.2) is 24.5 Å². The summed E-state index contributed by atoms with van der Waals surface area (Å²) >= 11 is 0. The Bertz CT molecular complexity index is 287. The van der Waals surface area contributed by atoms with E-state index in [0.29, 0.717) is 5.56 Å². The molecular weight excluding hydrogens is 168 g/mol. The Hall–Kier alpha value is -1.26. The number of nitrogens with two attached hydrogens (primary N) is 1. The first-order chi connectivity index (χ1) is 6.13. The maximum atomic E-state index is 10.9. The average molecular weight is 180 g/mol. The van der Waals surface area contributed by atoms with Gasteiger partial charge in [0.25, 0.3) is 0 Å². The zero-order chi connectivity index (χ0) is 9.84. The van der Waals surface area contributed by atoms with Crippen LogP contribution in [0.4, 0.5) is 0 Å². The molecule has 0 bridgehead atoms. The smallest absolute Gasteiger partial charge is 0.149 e. The predicted octanol–water partition coefficient (Wildman–Crippen LogP) is 0.0313. The lowest BCUT2D eigenvalue weighted by atomic mass is 10.0. The van der Waals surface area contributed by atoms with Crippen LogP contribution in [-0.4, -0.2) is 21.9 Å². The minimum Gasteiger partial charge on any atom is -0.386 e. The van der Waals surface area contributed by atoms with Crippen molar-refractivity contribution in [2.24, 2.45) is 5.73 Å². The highest BCUT2D eigenvalue weighted by molar-refractivity contribution is 5.82. The molecule has 0 amide bonds. The van der Waals surface area contributed by atoms with Crippen molar-refractivity contribution < 1.29 is 9.90 Å². The molecule has 0 spiro atoms. The van der Waals surface area contributed by atoms with Crippen LogP contribution in [0.2, 0.25) is 0 Å². The Morgan fingerprint density at radius 2 is 2.08 bits per heavy atom. The third-order valence-corrected chi connectivity index (χ3v) is 1.86. The van der Waals surface area contributed by atoms with E-state index in [9.17, 15) is 9.90 Å². The summed E-state index contributed by atoms with van der Waals surface area (Å²) in [5.74, 6) is -0.232. The number of aliphatic hydroxyl groups excluding tert-OH is 1. The van der Waals surface area contributed by atoms with Gasteiger partial charge in [0.2, 0.25) is 0 Å². The number of hydrogen-bond acceptors (Lipinski definition) is 4. The van der Waals surface area contributed by atoms with Crippen LogP contribution < -0.4 is 5.73 Å². The number of pyridine rings is 1. The van der Waals surface area contributed by atoms with Crippen LogP contribution in [0, 0.1) is 0 Å². The Balaban J connectivity index is 2.79. The van der Waals surface area contributed by atoms with Crippen LogP contribution in [0.3, 0.4) is 0 Å². The fourth-order valence-corrected chi connectivity index (χ4v) is 0.990. The van der Waals surface area contributed by atoms with Crippen molar-refractivity contribution in [3.05, 3.63) is 30.1 Å². The minimum absolute atomic E-state index is 0.232. The number of aromatic nitrogens is 1. The number of carbonyl (C=O) groups is 1. The van der Waals surface area contributed by atoms with E-state index in [2.05, 4.69) is 4.98 Å². The number of nitrogens with zero attached hydrogens (tertiary/aromatic N) is 1. The highest BCUT2D eigenvalue weighted by atomic mass is 16.3. The summed E-state index contributed by atoms with van der Waals surface area (Å²) in [5.41, 5.74) is 6.08. The highest BCUT2D eigenvalue weighted by Gasteiger charge is 2.20. The van der Waals surface area contributed by atoms with E-state index in [1.807, 2.05) is 0 Å². The molecule has 0 aromatic carbocycles. The maximum Gasteiger partial charge on any atom is 0.149 e. The molecule has 1 aromatic rings. The zero-order valence-electron chi connectivity index (χ0n) is 7.34. The summed E-state index contributed by atoms with van der Waals surface area (Å²) in [4.78, 5) is 14.7. The van der Waals surface area contributed by atoms with E-state index >= 15 is 0 Å². The van der Waals surface area contributed by atoms with Gasteiger partial charge in [-0.15, -0.1) is 0 Å². The molecule has 2 atom stereocenters.